The first kappa shape index (κ1) is 14.8. The molecule has 0 radical (unpaired) electrons. The zero-order valence-electron chi connectivity index (χ0n) is 12.1. The molecule has 5 heteroatoms. The van der Waals surface area contributed by atoms with Crippen LogP contribution in [-0.2, 0) is 4.74 Å². The number of carbonyl (C=O) groups is 1. The highest BCUT2D eigenvalue weighted by Crippen LogP contribution is 2.22. The molecule has 1 N–H and O–H groups in total. The number of methoxy groups -OCH3 is 1. The monoisotopic (exact) mass is 280 g/mol. The van der Waals surface area contributed by atoms with Gasteiger partial charge >= 0.3 is 5.97 Å². The largest absolute Gasteiger partial charge is 0.465 e. The van der Waals surface area contributed by atoms with Crippen molar-refractivity contribution in [2.24, 2.45) is 0 Å². The van der Waals surface area contributed by atoms with Gasteiger partial charge in [0, 0.05) is 24.3 Å². The smallest absolute Gasteiger partial charge is 0.340 e. The van der Waals surface area contributed by atoms with E-state index in [-0.39, 0.29) is 5.56 Å². The Morgan fingerprint density at radius 2 is 2.25 bits per heavy atom. The second-order valence-corrected chi connectivity index (χ2v) is 5.38. The third-order valence-corrected chi connectivity index (χ3v) is 3.95. The van der Waals surface area contributed by atoms with E-state index in [9.17, 15) is 9.18 Å². The van der Waals surface area contributed by atoms with Gasteiger partial charge in [-0.05, 0) is 45.0 Å². The van der Waals surface area contributed by atoms with E-state index >= 15 is 0 Å². The summed E-state index contributed by atoms with van der Waals surface area (Å²) in [6.45, 7) is 3.22. The summed E-state index contributed by atoms with van der Waals surface area (Å²) in [5.74, 6) is -1.21. The van der Waals surface area contributed by atoms with Gasteiger partial charge in [-0.3, -0.25) is 0 Å². The number of nitrogens with one attached hydrogen (secondary N) is 1. The first-order chi connectivity index (χ1) is 9.51. The number of ether oxygens (including phenoxy) is 1. The van der Waals surface area contributed by atoms with E-state index in [1.165, 1.54) is 19.2 Å². The lowest BCUT2D eigenvalue weighted by Gasteiger charge is -2.35. The molecule has 110 valence electrons. The quantitative estimate of drug-likeness (QED) is 0.864. The number of esters is 1. The van der Waals surface area contributed by atoms with E-state index in [4.69, 9.17) is 0 Å². The van der Waals surface area contributed by atoms with Crippen LogP contribution in [0.1, 0.15) is 30.1 Å². The Labute approximate surface area is 118 Å². The van der Waals surface area contributed by atoms with Gasteiger partial charge in [-0.25, -0.2) is 9.18 Å². The maximum Gasteiger partial charge on any atom is 0.340 e. The maximum atomic E-state index is 13.6. The van der Waals surface area contributed by atoms with Crippen molar-refractivity contribution in [3.63, 3.8) is 0 Å². The topological polar surface area (TPSA) is 41.6 Å². The minimum Gasteiger partial charge on any atom is -0.465 e. The molecule has 0 spiro atoms. The van der Waals surface area contributed by atoms with Gasteiger partial charge < -0.3 is 15.0 Å². The normalized spacial score (nSPS) is 23.4. The lowest BCUT2D eigenvalue weighted by Crippen LogP contribution is -2.42. The number of likely N-dealkylation sites (tertiary alicyclic amines) is 1. The minimum absolute atomic E-state index is 0.0292. The lowest BCUT2D eigenvalue weighted by atomic mass is 9.98. The molecule has 0 amide bonds. The second kappa shape index (κ2) is 6.22. The Morgan fingerprint density at radius 3 is 2.90 bits per heavy atom. The van der Waals surface area contributed by atoms with E-state index < -0.39 is 11.8 Å². The molecule has 4 nitrogen and oxygen atoms in total. The summed E-state index contributed by atoms with van der Waals surface area (Å²) in [7, 11) is 3.37. The highest BCUT2D eigenvalue weighted by Gasteiger charge is 2.23. The summed E-state index contributed by atoms with van der Waals surface area (Å²) < 4.78 is 18.1. The minimum atomic E-state index is -0.650. The van der Waals surface area contributed by atoms with E-state index in [1.54, 1.807) is 6.07 Å². The number of halogens is 1. The van der Waals surface area contributed by atoms with Crippen molar-refractivity contribution in [1.29, 1.82) is 0 Å². The SMILES string of the molecule is COC(=O)c1cc(NC2CCN(C)C(C)C2)ccc1F. The molecule has 1 aromatic rings. The van der Waals surface area contributed by atoms with Gasteiger partial charge in [0.15, 0.2) is 0 Å². The number of anilines is 1. The Morgan fingerprint density at radius 1 is 1.50 bits per heavy atom. The van der Waals surface area contributed by atoms with Gasteiger partial charge in [-0.1, -0.05) is 0 Å². The van der Waals surface area contributed by atoms with E-state index in [0.717, 1.165) is 25.1 Å². The number of piperidine rings is 1. The van der Waals surface area contributed by atoms with Crippen molar-refractivity contribution >= 4 is 11.7 Å². The molecule has 1 saturated heterocycles. The molecule has 1 fully saturated rings. The van der Waals surface area contributed by atoms with Gasteiger partial charge in [0.05, 0.1) is 12.7 Å². The van der Waals surface area contributed by atoms with Gasteiger partial charge in [0.1, 0.15) is 5.82 Å². The number of hydrogen-bond acceptors (Lipinski definition) is 4. The van der Waals surface area contributed by atoms with Crippen molar-refractivity contribution in [2.45, 2.75) is 31.8 Å². The molecule has 0 bridgehead atoms. The third-order valence-electron chi connectivity index (χ3n) is 3.95. The summed E-state index contributed by atoms with van der Waals surface area (Å²) in [5.41, 5.74) is 0.729. The predicted octanol–water partition coefficient (Wildman–Crippen LogP) is 2.51. The highest BCUT2D eigenvalue weighted by atomic mass is 19.1. The molecule has 2 rings (SSSR count). The molecule has 1 aromatic carbocycles. The molecule has 2 unspecified atom stereocenters. The van der Waals surface area contributed by atoms with E-state index in [1.807, 2.05) is 0 Å². The summed E-state index contributed by atoms with van der Waals surface area (Å²) in [4.78, 5) is 13.8. The molecule has 0 aliphatic carbocycles. The van der Waals surface area contributed by atoms with Crippen LogP contribution in [0.4, 0.5) is 10.1 Å². The van der Waals surface area contributed by atoms with Crippen molar-refractivity contribution < 1.29 is 13.9 Å². The highest BCUT2D eigenvalue weighted by molar-refractivity contribution is 5.90. The van der Waals surface area contributed by atoms with E-state index in [0.29, 0.717) is 12.1 Å². The van der Waals surface area contributed by atoms with Crippen LogP contribution in [0.15, 0.2) is 18.2 Å². The summed E-state index contributed by atoms with van der Waals surface area (Å²) in [6, 6.07) is 5.33. The summed E-state index contributed by atoms with van der Waals surface area (Å²) in [6.07, 6.45) is 2.06. The molecule has 1 aliphatic rings. The van der Waals surface area contributed by atoms with Crippen molar-refractivity contribution in [3.8, 4) is 0 Å². The fraction of sp³-hybridized carbons (Fsp3) is 0.533. The van der Waals surface area contributed by atoms with Crippen molar-refractivity contribution in [2.75, 3.05) is 26.0 Å². The standard InChI is InChI=1S/C15H21FN2O2/c1-10-8-12(6-7-18(10)2)17-11-4-5-14(16)13(9-11)15(19)20-3/h4-5,9-10,12,17H,6-8H2,1-3H3. The molecule has 1 aliphatic heterocycles. The zero-order chi connectivity index (χ0) is 14.7. The summed E-state index contributed by atoms with van der Waals surface area (Å²) in [5, 5.41) is 3.38. The molecule has 0 saturated carbocycles. The number of nitrogens with zero attached hydrogens (tertiary/aromatic N) is 1. The molecular formula is C15H21FN2O2. The van der Waals surface area contributed by atoms with Gasteiger partial charge in [0.2, 0.25) is 0 Å². The lowest BCUT2D eigenvalue weighted by molar-refractivity contribution is 0.0595. The fourth-order valence-electron chi connectivity index (χ4n) is 2.54. The number of benzene rings is 1. The van der Waals surface area contributed by atoms with Crippen LogP contribution in [0.25, 0.3) is 0 Å². The van der Waals surface area contributed by atoms with Crippen molar-refractivity contribution in [3.05, 3.63) is 29.6 Å². The average molecular weight is 280 g/mol. The maximum absolute atomic E-state index is 13.6. The van der Waals surface area contributed by atoms with Crippen molar-refractivity contribution in [1.82, 2.24) is 4.90 Å². The van der Waals surface area contributed by atoms with Crippen LogP contribution in [-0.4, -0.2) is 43.7 Å². The van der Waals surface area contributed by atoms with Crippen LogP contribution >= 0.6 is 0 Å². The Hall–Kier alpha value is -1.62. The van der Waals surface area contributed by atoms with E-state index in [2.05, 4.69) is 28.9 Å². The number of hydrogen-bond donors (Lipinski definition) is 1. The number of rotatable bonds is 3. The van der Waals surface area contributed by atoms with Crippen LogP contribution in [0.3, 0.4) is 0 Å². The Balaban J connectivity index is 2.08. The molecule has 0 aromatic heterocycles. The Kier molecular flexibility index (Phi) is 4.60. The van der Waals surface area contributed by atoms with Crippen LogP contribution in [0.2, 0.25) is 0 Å². The van der Waals surface area contributed by atoms with Gasteiger partial charge in [-0.2, -0.15) is 0 Å². The molecule has 2 atom stereocenters. The molecule has 1 heterocycles. The molecular weight excluding hydrogens is 259 g/mol. The van der Waals surface area contributed by atoms with Gasteiger partial charge in [0.25, 0.3) is 0 Å². The zero-order valence-corrected chi connectivity index (χ0v) is 12.1. The van der Waals surface area contributed by atoms with Crippen LogP contribution in [0, 0.1) is 5.82 Å². The Bertz CT molecular complexity index is 493. The van der Waals surface area contributed by atoms with Gasteiger partial charge in [-0.15, -0.1) is 0 Å². The van der Waals surface area contributed by atoms with Crippen LogP contribution in [0.5, 0.6) is 0 Å². The first-order valence-electron chi connectivity index (χ1n) is 6.86. The number of carbonyl (C=O) groups excluding carboxylic acids is 1. The third kappa shape index (κ3) is 3.28. The molecule has 20 heavy (non-hydrogen) atoms. The predicted molar refractivity (Wildman–Crippen MR) is 76.5 cm³/mol. The summed E-state index contributed by atoms with van der Waals surface area (Å²) >= 11 is 0. The van der Waals surface area contributed by atoms with Crippen LogP contribution < -0.4 is 5.32 Å². The fourth-order valence-corrected chi connectivity index (χ4v) is 2.54. The average Bonchev–Trinajstić information content (AvgIpc) is 2.44. The first-order valence-corrected chi connectivity index (χ1v) is 6.86. The second-order valence-electron chi connectivity index (χ2n) is 5.38.